The summed E-state index contributed by atoms with van der Waals surface area (Å²) in [6, 6.07) is 0. The normalized spacial score (nSPS) is 25.0. The van der Waals surface area contributed by atoms with E-state index in [0.29, 0.717) is 5.78 Å². The van der Waals surface area contributed by atoms with E-state index in [1.54, 1.807) is 0 Å². The van der Waals surface area contributed by atoms with E-state index in [9.17, 15) is 4.79 Å². The lowest BCUT2D eigenvalue weighted by atomic mass is 10.1. The van der Waals surface area contributed by atoms with E-state index in [1.807, 2.05) is 13.8 Å². The molecule has 0 spiro atoms. The highest BCUT2D eigenvalue weighted by Gasteiger charge is 2.25. The maximum Gasteiger partial charge on any atom is 0.161 e. The summed E-state index contributed by atoms with van der Waals surface area (Å²) < 4.78 is 0. The first kappa shape index (κ1) is 8.51. The van der Waals surface area contributed by atoms with Gasteiger partial charge in [0.05, 0.1) is 0 Å². The molecule has 0 heterocycles. The Labute approximate surface area is 68.5 Å². The summed E-state index contributed by atoms with van der Waals surface area (Å²) in [5.41, 5.74) is 2.43. The molecule has 0 amide bonds. The van der Waals surface area contributed by atoms with Crippen molar-refractivity contribution in [2.24, 2.45) is 5.92 Å². The van der Waals surface area contributed by atoms with Crippen LogP contribution in [0.4, 0.5) is 0 Å². The molecule has 11 heavy (non-hydrogen) atoms. The molecule has 0 bridgehead atoms. The molecule has 0 radical (unpaired) electrons. The first-order valence-corrected chi connectivity index (χ1v) is 4.39. The Kier molecular flexibility index (Phi) is 2.48. The zero-order chi connectivity index (χ0) is 8.43. The van der Waals surface area contributed by atoms with Crippen molar-refractivity contribution in [3.63, 3.8) is 0 Å². The summed E-state index contributed by atoms with van der Waals surface area (Å²) >= 11 is 0. The predicted molar refractivity (Wildman–Crippen MR) is 46.4 cm³/mol. The number of Topliss-reactive ketones (excluding diaryl/α,β-unsaturated/α-hetero) is 1. The van der Waals surface area contributed by atoms with Crippen LogP contribution in [0, 0.1) is 5.92 Å². The van der Waals surface area contributed by atoms with Crippen LogP contribution in [0.1, 0.15) is 40.0 Å². The van der Waals surface area contributed by atoms with E-state index >= 15 is 0 Å². The highest BCUT2D eigenvalue weighted by Crippen LogP contribution is 2.30. The number of hydrogen-bond donors (Lipinski definition) is 0. The van der Waals surface area contributed by atoms with Gasteiger partial charge < -0.3 is 0 Å². The molecule has 1 unspecified atom stereocenters. The molecule has 0 saturated heterocycles. The van der Waals surface area contributed by atoms with Gasteiger partial charge in [0.15, 0.2) is 5.78 Å². The van der Waals surface area contributed by atoms with Crippen molar-refractivity contribution >= 4 is 5.78 Å². The van der Waals surface area contributed by atoms with E-state index in [4.69, 9.17) is 0 Å². The maximum absolute atomic E-state index is 11.3. The number of allylic oxidation sites excluding steroid dienone is 2. The van der Waals surface area contributed by atoms with E-state index in [2.05, 4.69) is 6.92 Å². The molecular weight excluding hydrogens is 136 g/mol. The van der Waals surface area contributed by atoms with Crippen LogP contribution < -0.4 is 0 Å². The molecule has 1 aliphatic rings. The minimum Gasteiger partial charge on any atom is -0.294 e. The third-order valence-electron chi connectivity index (χ3n) is 2.45. The Morgan fingerprint density at radius 2 is 2.18 bits per heavy atom. The largest absolute Gasteiger partial charge is 0.294 e. The molecule has 1 heteroatoms. The molecule has 0 N–H and O–H groups in total. The average Bonchev–Trinajstić information content (AvgIpc) is 2.19. The summed E-state index contributed by atoms with van der Waals surface area (Å²) in [4.78, 5) is 11.3. The Morgan fingerprint density at radius 3 is 2.55 bits per heavy atom. The second kappa shape index (κ2) is 3.21. The summed E-state index contributed by atoms with van der Waals surface area (Å²) in [6.07, 6.45) is 3.28. The van der Waals surface area contributed by atoms with Crippen LogP contribution in [-0.4, -0.2) is 5.78 Å². The predicted octanol–water partition coefficient (Wildman–Crippen LogP) is 2.71. The second-order valence-electron chi connectivity index (χ2n) is 3.45. The number of carbonyl (C=O) groups is 1. The highest BCUT2D eigenvalue weighted by molar-refractivity contribution is 5.99. The van der Waals surface area contributed by atoms with E-state index in [1.165, 1.54) is 5.57 Å². The van der Waals surface area contributed by atoms with Crippen LogP contribution in [0.5, 0.6) is 0 Å². The third kappa shape index (κ3) is 1.52. The molecule has 0 saturated carbocycles. The zero-order valence-electron chi connectivity index (χ0n) is 7.61. The molecule has 1 rings (SSSR count). The minimum absolute atomic E-state index is 0.261. The van der Waals surface area contributed by atoms with Gasteiger partial charge in [0.25, 0.3) is 0 Å². The second-order valence-corrected chi connectivity index (χ2v) is 3.45. The number of rotatable bonds is 2. The summed E-state index contributed by atoms with van der Waals surface area (Å²) in [6.45, 7) is 6.15. The van der Waals surface area contributed by atoms with Crippen LogP contribution in [0.2, 0.25) is 0 Å². The van der Waals surface area contributed by atoms with Crippen molar-refractivity contribution in [1.29, 1.82) is 0 Å². The molecule has 0 fully saturated rings. The van der Waals surface area contributed by atoms with E-state index in [-0.39, 0.29) is 5.92 Å². The van der Waals surface area contributed by atoms with Gasteiger partial charge >= 0.3 is 0 Å². The smallest absolute Gasteiger partial charge is 0.161 e. The lowest BCUT2D eigenvalue weighted by Gasteiger charge is -1.99. The topological polar surface area (TPSA) is 17.1 Å². The van der Waals surface area contributed by atoms with Gasteiger partial charge in [-0.15, -0.1) is 0 Å². The summed E-state index contributed by atoms with van der Waals surface area (Å²) in [5.74, 6) is 0.630. The monoisotopic (exact) mass is 152 g/mol. The lowest BCUT2D eigenvalue weighted by molar-refractivity contribution is -0.117. The van der Waals surface area contributed by atoms with Gasteiger partial charge in [-0.3, -0.25) is 4.79 Å². The SMILES string of the molecule is CCCC1=C(C)C(=O)C(C)C1. The molecule has 1 atom stereocenters. The Bertz CT molecular complexity index is 201. The molecule has 1 nitrogen and oxygen atoms in total. The van der Waals surface area contributed by atoms with Gasteiger partial charge in [-0.05, 0) is 25.3 Å². The van der Waals surface area contributed by atoms with Gasteiger partial charge in [-0.1, -0.05) is 25.8 Å². The van der Waals surface area contributed by atoms with Gasteiger partial charge in [0, 0.05) is 5.92 Å². The van der Waals surface area contributed by atoms with Crippen LogP contribution in [0.3, 0.4) is 0 Å². The Balaban J connectivity index is 2.72. The molecule has 62 valence electrons. The minimum atomic E-state index is 0.261. The van der Waals surface area contributed by atoms with Gasteiger partial charge in [0.2, 0.25) is 0 Å². The van der Waals surface area contributed by atoms with Crippen LogP contribution in [0.15, 0.2) is 11.1 Å². The zero-order valence-corrected chi connectivity index (χ0v) is 7.61. The summed E-state index contributed by atoms with van der Waals surface area (Å²) in [5, 5.41) is 0. The first-order chi connectivity index (χ1) is 5.16. The van der Waals surface area contributed by atoms with Gasteiger partial charge in [-0.25, -0.2) is 0 Å². The lowest BCUT2D eigenvalue weighted by Crippen LogP contribution is -2.03. The van der Waals surface area contributed by atoms with E-state index < -0.39 is 0 Å². The fourth-order valence-electron chi connectivity index (χ4n) is 1.75. The third-order valence-corrected chi connectivity index (χ3v) is 2.45. The van der Waals surface area contributed by atoms with E-state index in [0.717, 1.165) is 24.8 Å². The van der Waals surface area contributed by atoms with Crippen molar-refractivity contribution in [3.8, 4) is 0 Å². The number of carbonyl (C=O) groups excluding carboxylic acids is 1. The molecule has 0 aromatic rings. The van der Waals surface area contributed by atoms with Crippen molar-refractivity contribution in [2.45, 2.75) is 40.0 Å². The fourth-order valence-corrected chi connectivity index (χ4v) is 1.75. The number of hydrogen-bond acceptors (Lipinski definition) is 1. The van der Waals surface area contributed by atoms with Crippen molar-refractivity contribution in [3.05, 3.63) is 11.1 Å². The van der Waals surface area contributed by atoms with Crippen molar-refractivity contribution in [2.75, 3.05) is 0 Å². The first-order valence-electron chi connectivity index (χ1n) is 4.39. The molecule has 0 aromatic carbocycles. The highest BCUT2D eigenvalue weighted by atomic mass is 16.1. The molecule has 0 aliphatic heterocycles. The maximum atomic E-state index is 11.3. The standard InChI is InChI=1S/C10H16O/c1-4-5-9-6-7(2)10(11)8(9)3/h7H,4-6H2,1-3H3. The van der Waals surface area contributed by atoms with Gasteiger partial charge in [0.1, 0.15) is 0 Å². The summed E-state index contributed by atoms with van der Waals surface area (Å²) in [7, 11) is 0. The van der Waals surface area contributed by atoms with Crippen LogP contribution >= 0.6 is 0 Å². The molecular formula is C10H16O. The van der Waals surface area contributed by atoms with Crippen molar-refractivity contribution < 1.29 is 4.79 Å². The van der Waals surface area contributed by atoms with Crippen molar-refractivity contribution in [1.82, 2.24) is 0 Å². The molecule has 0 aromatic heterocycles. The Morgan fingerprint density at radius 1 is 1.55 bits per heavy atom. The average molecular weight is 152 g/mol. The molecule has 1 aliphatic carbocycles. The Hall–Kier alpha value is -0.590. The quantitative estimate of drug-likeness (QED) is 0.594. The van der Waals surface area contributed by atoms with Crippen LogP contribution in [-0.2, 0) is 4.79 Å². The van der Waals surface area contributed by atoms with Gasteiger partial charge in [-0.2, -0.15) is 0 Å². The number of ketones is 1. The fraction of sp³-hybridized carbons (Fsp3) is 0.700. The van der Waals surface area contributed by atoms with Crippen LogP contribution in [0.25, 0.3) is 0 Å².